The molecule has 0 aliphatic carbocycles. The van der Waals surface area contributed by atoms with Crippen molar-refractivity contribution in [2.45, 2.75) is 25.9 Å². The van der Waals surface area contributed by atoms with E-state index in [2.05, 4.69) is 32.1 Å². The summed E-state index contributed by atoms with van der Waals surface area (Å²) >= 11 is 7.94. The highest BCUT2D eigenvalue weighted by molar-refractivity contribution is 7.18. The quantitative estimate of drug-likeness (QED) is 0.805. The molecular weight excluding hydrogens is 320 g/mol. The number of aromatic nitrogens is 2. The Morgan fingerprint density at radius 2 is 2.23 bits per heavy atom. The van der Waals surface area contributed by atoms with E-state index in [1.165, 1.54) is 25.1 Å². The summed E-state index contributed by atoms with van der Waals surface area (Å²) in [4.78, 5) is 13.8. The van der Waals surface area contributed by atoms with E-state index in [-0.39, 0.29) is 0 Å². The second kappa shape index (κ2) is 5.92. The van der Waals surface area contributed by atoms with Crippen molar-refractivity contribution in [3.05, 3.63) is 16.2 Å². The van der Waals surface area contributed by atoms with Gasteiger partial charge in [0, 0.05) is 18.7 Å². The lowest BCUT2D eigenvalue weighted by molar-refractivity contribution is 0.0987. The Morgan fingerprint density at radius 1 is 1.36 bits per heavy atom. The minimum atomic E-state index is 0.309. The summed E-state index contributed by atoms with van der Waals surface area (Å²) in [7, 11) is 0. The number of morpholine rings is 1. The zero-order valence-corrected chi connectivity index (χ0v) is 14.2. The van der Waals surface area contributed by atoms with Gasteiger partial charge in [0.2, 0.25) is 5.28 Å². The predicted molar refractivity (Wildman–Crippen MR) is 89.9 cm³/mol. The molecule has 4 heterocycles. The molecule has 2 aliphatic rings. The minimum absolute atomic E-state index is 0.309. The summed E-state index contributed by atoms with van der Waals surface area (Å²) in [5.41, 5.74) is 2.29. The van der Waals surface area contributed by atoms with Gasteiger partial charge in [0.25, 0.3) is 0 Å². The van der Waals surface area contributed by atoms with Crippen molar-refractivity contribution in [3.63, 3.8) is 0 Å². The maximum absolute atomic E-state index is 6.21. The maximum atomic E-state index is 6.21. The Morgan fingerprint density at radius 3 is 2.95 bits per heavy atom. The van der Waals surface area contributed by atoms with Crippen molar-refractivity contribution in [1.82, 2.24) is 14.9 Å². The van der Waals surface area contributed by atoms with Crippen LogP contribution in [0, 0.1) is 0 Å². The molecule has 22 heavy (non-hydrogen) atoms. The lowest BCUT2D eigenvalue weighted by Crippen LogP contribution is -2.44. The van der Waals surface area contributed by atoms with Crippen LogP contribution in [0.4, 0.5) is 5.82 Å². The Balaban J connectivity index is 1.74. The van der Waals surface area contributed by atoms with Gasteiger partial charge in [-0.05, 0) is 43.4 Å². The molecule has 7 heteroatoms. The van der Waals surface area contributed by atoms with Crippen LogP contribution in [-0.4, -0.2) is 53.8 Å². The largest absolute Gasteiger partial charge is 0.377 e. The molecule has 0 aromatic carbocycles. The lowest BCUT2D eigenvalue weighted by Gasteiger charge is -2.34. The number of likely N-dealkylation sites (tertiary alicyclic amines) is 1. The van der Waals surface area contributed by atoms with Gasteiger partial charge in [0.15, 0.2) is 5.82 Å². The molecule has 0 unspecified atom stereocenters. The van der Waals surface area contributed by atoms with E-state index in [0.717, 1.165) is 42.3 Å². The molecule has 2 aromatic rings. The number of ether oxygens (including phenoxy) is 1. The van der Waals surface area contributed by atoms with Crippen molar-refractivity contribution >= 4 is 39.0 Å². The normalized spacial score (nSPS) is 23.0. The molecule has 0 N–H and O–H groups in total. The highest BCUT2D eigenvalue weighted by Gasteiger charge is 2.25. The van der Waals surface area contributed by atoms with Crippen LogP contribution in [0.25, 0.3) is 10.2 Å². The summed E-state index contributed by atoms with van der Waals surface area (Å²) in [6, 6.07) is 0.309. The average Bonchev–Trinajstić information content (AvgIpc) is 2.85. The highest BCUT2D eigenvalue weighted by atomic mass is 35.5. The molecule has 0 bridgehead atoms. The zero-order chi connectivity index (χ0) is 15.1. The SMILES string of the molecule is C[C@@H]1COCCN1c1nc(Cl)nc2c(CN3CCC3)csc12. The molecule has 1 atom stereocenters. The molecule has 0 saturated carbocycles. The van der Waals surface area contributed by atoms with E-state index in [1.54, 1.807) is 11.3 Å². The number of thiophene rings is 1. The Hall–Kier alpha value is -0.950. The summed E-state index contributed by atoms with van der Waals surface area (Å²) in [5.74, 6) is 0.964. The number of anilines is 1. The van der Waals surface area contributed by atoms with E-state index < -0.39 is 0 Å². The standard InChI is InChI=1S/C15H19ClN4OS/c1-10-8-21-6-5-20(10)14-13-12(17-15(16)18-14)11(9-22-13)7-19-3-2-4-19/h9-10H,2-8H2,1H3/t10-/m1/s1. The van der Waals surface area contributed by atoms with Gasteiger partial charge >= 0.3 is 0 Å². The second-order valence-corrected chi connectivity index (χ2v) is 7.22. The van der Waals surface area contributed by atoms with Crippen molar-refractivity contribution in [3.8, 4) is 0 Å². The number of fused-ring (bicyclic) bond motifs is 1. The minimum Gasteiger partial charge on any atom is -0.377 e. The van der Waals surface area contributed by atoms with Crippen LogP contribution >= 0.6 is 22.9 Å². The number of rotatable bonds is 3. The number of hydrogen-bond acceptors (Lipinski definition) is 6. The summed E-state index contributed by atoms with van der Waals surface area (Å²) < 4.78 is 6.68. The molecule has 2 aliphatic heterocycles. The van der Waals surface area contributed by atoms with Gasteiger partial charge in [-0.15, -0.1) is 11.3 Å². The van der Waals surface area contributed by atoms with Crippen molar-refractivity contribution < 1.29 is 4.74 Å². The fraction of sp³-hybridized carbons (Fsp3) is 0.600. The molecule has 0 radical (unpaired) electrons. The van der Waals surface area contributed by atoms with Crippen molar-refractivity contribution in [1.29, 1.82) is 0 Å². The van der Waals surface area contributed by atoms with E-state index in [1.807, 2.05) is 0 Å². The Kier molecular flexibility index (Phi) is 3.94. The fourth-order valence-electron chi connectivity index (χ4n) is 3.05. The number of hydrogen-bond donors (Lipinski definition) is 0. The first-order valence-electron chi connectivity index (χ1n) is 7.73. The van der Waals surface area contributed by atoms with E-state index in [9.17, 15) is 0 Å². The third-order valence-corrected chi connectivity index (χ3v) is 5.61. The first kappa shape index (κ1) is 14.6. The van der Waals surface area contributed by atoms with Gasteiger partial charge in [-0.1, -0.05) is 0 Å². The van der Waals surface area contributed by atoms with E-state index >= 15 is 0 Å². The summed E-state index contributed by atoms with van der Waals surface area (Å²) in [6.45, 7) is 7.81. The van der Waals surface area contributed by atoms with Crippen molar-refractivity contribution in [2.75, 3.05) is 37.7 Å². The smallest absolute Gasteiger partial charge is 0.224 e. The third-order valence-electron chi connectivity index (χ3n) is 4.43. The van der Waals surface area contributed by atoms with Crippen LogP contribution in [0.2, 0.25) is 5.28 Å². The lowest BCUT2D eigenvalue weighted by atomic mass is 10.1. The molecular formula is C15H19ClN4OS. The summed E-state index contributed by atoms with van der Waals surface area (Å²) in [5, 5.41) is 2.55. The number of halogens is 1. The zero-order valence-electron chi connectivity index (χ0n) is 12.6. The van der Waals surface area contributed by atoms with E-state index in [0.29, 0.717) is 11.3 Å². The van der Waals surface area contributed by atoms with Gasteiger partial charge in [-0.25, -0.2) is 4.98 Å². The van der Waals surface area contributed by atoms with E-state index in [4.69, 9.17) is 16.3 Å². The van der Waals surface area contributed by atoms with Gasteiger partial charge < -0.3 is 9.64 Å². The van der Waals surface area contributed by atoms with Gasteiger partial charge in [-0.3, -0.25) is 4.90 Å². The van der Waals surface area contributed by atoms with Crippen molar-refractivity contribution in [2.24, 2.45) is 0 Å². The van der Waals surface area contributed by atoms with Crippen LogP contribution in [-0.2, 0) is 11.3 Å². The second-order valence-electron chi connectivity index (χ2n) is 6.00. The summed E-state index contributed by atoms with van der Waals surface area (Å²) in [6.07, 6.45) is 1.30. The first-order valence-corrected chi connectivity index (χ1v) is 8.98. The monoisotopic (exact) mass is 338 g/mol. The number of nitrogens with zero attached hydrogens (tertiary/aromatic N) is 4. The highest BCUT2D eigenvalue weighted by Crippen LogP contribution is 2.35. The fourth-order valence-corrected chi connectivity index (χ4v) is 4.22. The Bertz CT molecular complexity index is 687. The molecule has 2 fully saturated rings. The third kappa shape index (κ3) is 2.58. The van der Waals surface area contributed by atoms with Gasteiger partial charge in [0.05, 0.1) is 29.5 Å². The predicted octanol–water partition coefficient (Wildman–Crippen LogP) is 2.78. The molecule has 2 saturated heterocycles. The average molecular weight is 339 g/mol. The Labute approximate surface area is 138 Å². The van der Waals surface area contributed by atoms with Crippen LogP contribution in [0.1, 0.15) is 18.9 Å². The van der Waals surface area contributed by atoms with Crippen LogP contribution < -0.4 is 4.90 Å². The molecule has 0 amide bonds. The first-order chi connectivity index (χ1) is 10.7. The van der Waals surface area contributed by atoms with Gasteiger partial charge in [-0.2, -0.15) is 4.98 Å². The molecule has 2 aromatic heterocycles. The molecule has 5 nitrogen and oxygen atoms in total. The van der Waals surface area contributed by atoms with Gasteiger partial charge in [0.1, 0.15) is 0 Å². The van der Waals surface area contributed by atoms with Crippen LogP contribution in [0.3, 0.4) is 0 Å². The molecule has 118 valence electrons. The van der Waals surface area contributed by atoms with Crippen LogP contribution in [0.5, 0.6) is 0 Å². The molecule has 4 rings (SSSR count). The maximum Gasteiger partial charge on any atom is 0.224 e. The topological polar surface area (TPSA) is 41.5 Å². The molecule has 0 spiro atoms. The van der Waals surface area contributed by atoms with Crippen LogP contribution in [0.15, 0.2) is 5.38 Å².